The van der Waals surface area contributed by atoms with Crippen molar-refractivity contribution in [2.45, 2.75) is 6.61 Å². The number of ether oxygens (including phenoxy) is 3. The van der Waals surface area contributed by atoms with Crippen LogP contribution in [-0.2, 0) is 11.4 Å². The van der Waals surface area contributed by atoms with Crippen LogP contribution in [-0.4, -0.2) is 25.8 Å². The van der Waals surface area contributed by atoms with Crippen LogP contribution >= 0.6 is 11.6 Å². The summed E-state index contributed by atoms with van der Waals surface area (Å²) in [6, 6.07) is 21.8. The van der Waals surface area contributed by atoms with E-state index in [1.807, 2.05) is 48.5 Å². The zero-order valence-corrected chi connectivity index (χ0v) is 17.1. The Morgan fingerprint density at radius 3 is 2.17 bits per heavy atom. The molecule has 3 rings (SSSR count). The fourth-order valence-electron chi connectivity index (χ4n) is 2.43. The molecule has 0 unspecified atom stereocenters. The first-order valence-electron chi connectivity index (χ1n) is 9.18. The number of methoxy groups -OCH3 is 1. The maximum Gasteiger partial charge on any atom is 0.277 e. The molecule has 0 radical (unpaired) electrons. The lowest BCUT2D eigenvalue weighted by molar-refractivity contribution is -0.123. The third-order valence-corrected chi connectivity index (χ3v) is 4.28. The highest BCUT2D eigenvalue weighted by Gasteiger charge is 2.02. The molecule has 30 heavy (non-hydrogen) atoms. The van der Waals surface area contributed by atoms with Gasteiger partial charge in [-0.15, -0.1) is 0 Å². The van der Waals surface area contributed by atoms with Gasteiger partial charge in [-0.3, -0.25) is 4.79 Å². The Bertz CT molecular complexity index is 972. The molecule has 7 heteroatoms. The van der Waals surface area contributed by atoms with Crippen LogP contribution in [0.2, 0.25) is 5.02 Å². The van der Waals surface area contributed by atoms with Gasteiger partial charge in [0.2, 0.25) is 0 Å². The van der Waals surface area contributed by atoms with E-state index in [4.69, 9.17) is 25.8 Å². The topological polar surface area (TPSA) is 69.2 Å². The van der Waals surface area contributed by atoms with Crippen molar-refractivity contribution >= 4 is 23.7 Å². The summed E-state index contributed by atoms with van der Waals surface area (Å²) in [5, 5.41) is 4.63. The van der Waals surface area contributed by atoms with E-state index in [2.05, 4.69) is 10.5 Å². The third-order valence-electron chi connectivity index (χ3n) is 4.03. The molecule has 0 saturated heterocycles. The van der Waals surface area contributed by atoms with E-state index in [9.17, 15) is 4.79 Å². The van der Waals surface area contributed by atoms with Crippen molar-refractivity contribution in [2.75, 3.05) is 13.7 Å². The molecule has 0 bridgehead atoms. The zero-order chi connectivity index (χ0) is 21.2. The summed E-state index contributed by atoms with van der Waals surface area (Å²) in [6.45, 7) is 0.315. The summed E-state index contributed by atoms with van der Waals surface area (Å²) in [6.07, 6.45) is 1.55. The Kier molecular flexibility index (Phi) is 7.69. The van der Waals surface area contributed by atoms with Gasteiger partial charge in [-0.25, -0.2) is 5.43 Å². The second kappa shape index (κ2) is 10.9. The van der Waals surface area contributed by atoms with Crippen molar-refractivity contribution < 1.29 is 19.0 Å². The largest absolute Gasteiger partial charge is 0.497 e. The summed E-state index contributed by atoms with van der Waals surface area (Å²) >= 11 is 5.87. The number of rotatable bonds is 9. The predicted octanol–water partition coefficient (Wildman–Crippen LogP) is 4.46. The van der Waals surface area contributed by atoms with E-state index in [1.165, 1.54) is 0 Å². The molecule has 0 aromatic heterocycles. The Morgan fingerprint density at radius 1 is 0.900 bits per heavy atom. The van der Waals surface area contributed by atoms with Crippen LogP contribution in [0.3, 0.4) is 0 Å². The number of carbonyl (C=O) groups is 1. The molecule has 1 N–H and O–H groups in total. The Balaban J connectivity index is 1.40. The Labute approximate surface area is 180 Å². The van der Waals surface area contributed by atoms with Crippen molar-refractivity contribution in [3.8, 4) is 17.2 Å². The van der Waals surface area contributed by atoms with Crippen LogP contribution in [0.5, 0.6) is 17.2 Å². The molecule has 0 heterocycles. The van der Waals surface area contributed by atoms with Crippen LogP contribution in [0, 0.1) is 0 Å². The van der Waals surface area contributed by atoms with E-state index < -0.39 is 0 Å². The lowest BCUT2D eigenvalue weighted by Gasteiger charge is -2.07. The summed E-state index contributed by atoms with van der Waals surface area (Å²) in [4.78, 5) is 11.8. The number of hydrogen-bond acceptors (Lipinski definition) is 5. The summed E-state index contributed by atoms with van der Waals surface area (Å²) in [7, 11) is 1.59. The first-order valence-corrected chi connectivity index (χ1v) is 9.56. The van der Waals surface area contributed by atoms with Crippen molar-refractivity contribution in [1.29, 1.82) is 0 Å². The minimum atomic E-state index is -0.356. The predicted molar refractivity (Wildman–Crippen MR) is 116 cm³/mol. The molecular formula is C23H21ClN2O4. The normalized spacial score (nSPS) is 10.6. The number of hydrazone groups is 1. The minimum Gasteiger partial charge on any atom is -0.497 e. The van der Waals surface area contributed by atoms with E-state index in [1.54, 1.807) is 37.6 Å². The van der Waals surface area contributed by atoms with Gasteiger partial charge in [0.1, 0.15) is 23.9 Å². The van der Waals surface area contributed by atoms with E-state index in [0.29, 0.717) is 17.4 Å². The van der Waals surface area contributed by atoms with Gasteiger partial charge >= 0.3 is 0 Å². The smallest absolute Gasteiger partial charge is 0.277 e. The number of nitrogens with one attached hydrogen (secondary N) is 1. The molecule has 3 aromatic carbocycles. The number of amides is 1. The van der Waals surface area contributed by atoms with Crippen molar-refractivity contribution in [1.82, 2.24) is 5.43 Å². The number of halogens is 1. The lowest BCUT2D eigenvalue weighted by Crippen LogP contribution is -2.24. The molecule has 6 nitrogen and oxygen atoms in total. The van der Waals surface area contributed by atoms with Gasteiger partial charge < -0.3 is 14.2 Å². The zero-order valence-electron chi connectivity index (χ0n) is 16.4. The third kappa shape index (κ3) is 6.83. The molecule has 0 aliphatic carbocycles. The summed E-state index contributed by atoms with van der Waals surface area (Å²) in [5.41, 5.74) is 4.28. The van der Waals surface area contributed by atoms with E-state index in [-0.39, 0.29) is 12.5 Å². The standard InChI is InChI=1S/C23H21ClN2O4/c1-28-20-10-12-22(13-11-20)30-16-23(27)26-25-14-17-4-8-21(9-5-17)29-15-18-2-6-19(24)7-3-18/h2-14H,15-16H2,1H3,(H,26,27)/b25-14+. The second-order valence-corrected chi connectivity index (χ2v) is 6.68. The average molecular weight is 425 g/mol. The number of benzene rings is 3. The molecule has 0 spiro atoms. The van der Waals surface area contributed by atoms with E-state index >= 15 is 0 Å². The minimum absolute atomic E-state index is 0.138. The van der Waals surface area contributed by atoms with Gasteiger partial charge in [0.25, 0.3) is 5.91 Å². The summed E-state index contributed by atoms with van der Waals surface area (Å²) < 4.78 is 16.2. The van der Waals surface area contributed by atoms with Gasteiger partial charge in [0.15, 0.2) is 6.61 Å². The maximum atomic E-state index is 11.8. The van der Waals surface area contributed by atoms with Gasteiger partial charge in [-0.2, -0.15) is 5.10 Å². The number of hydrogen-bond donors (Lipinski definition) is 1. The maximum absolute atomic E-state index is 11.8. The van der Waals surface area contributed by atoms with Crippen LogP contribution in [0.25, 0.3) is 0 Å². The van der Waals surface area contributed by atoms with Crippen molar-refractivity contribution in [2.24, 2.45) is 5.10 Å². The first kappa shape index (κ1) is 21.2. The van der Waals surface area contributed by atoms with Crippen molar-refractivity contribution in [3.63, 3.8) is 0 Å². The first-order chi connectivity index (χ1) is 14.6. The SMILES string of the molecule is COc1ccc(OCC(=O)N/N=C/c2ccc(OCc3ccc(Cl)cc3)cc2)cc1. The monoisotopic (exact) mass is 424 g/mol. The average Bonchev–Trinajstić information content (AvgIpc) is 2.78. The van der Waals surface area contributed by atoms with Crippen molar-refractivity contribution in [3.05, 3.63) is 88.9 Å². The van der Waals surface area contributed by atoms with Crippen LogP contribution < -0.4 is 19.6 Å². The van der Waals surface area contributed by atoms with Gasteiger partial charge in [-0.05, 0) is 71.8 Å². The molecule has 0 atom stereocenters. The Hall–Kier alpha value is -3.51. The highest BCUT2D eigenvalue weighted by Crippen LogP contribution is 2.17. The summed E-state index contributed by atoms with van der Waals surface area (Å²) in [5.74, 6) is 1.67. The van der Waals surface area contributed by atoms with Crippen LogP contribution in [0.1, 0.15) is 11.1 Å². The molecule has 154 valence electrons. The Morgan fingerprint density at radius 2 is 1.50 bits per heavy atom. The highest BCUT2D eigenvalue weighted by molar-refractivity contribution is 6.30. The fraction of sp³-hybridized carbons (Fsp3) is 0.130. The van der Waals surface area contributed by atoms with Gasteiger partial charge in [0, 0.05) is 5.02 Å². The second-order valence-electron chi connectivity index (χ2n) is 6.24. The lowest BCUT2D eigenvalue weighted by atomic mass is 10.2. The van der Waals surface area contributed by atoms with Gasteiger partial charge in [-0.1, -0.05) is 23.7 Å². The molecule has 3 aromatic rings. The highest BCUT2D eigenvalue weighted by atomic mass is 35.5. The molecular weight excluding hydrogens is 404 g/mol. The fourth-order valence-corrected chi connectivity index (χ4v) is 2.56. The number of carbonyl (C=O) groups excluding carboxylic acids is 1. The molecule has 0 aliphatic rings. The molecule has 0 saturated carbocycles. The quantitative estimate of drug-likeness (QED) is 0.407. The molecule has 0 aliphatic heterocycles. The van der Waals surface area contributed by atoms with E-state index in [0.717, 1.165) is 22.6 Å². The van der Waals surface area contributed by atoms with Gasteiger partial charge in [0.05, 0.1) is 13.3 Å². The van der Waals surface area contributed by atoms with Crippen LogP contribution in [0.15, 0.2) is 77.9 Å². The van der Waals surface area contributed by atoms with Crippen LogP contribution in [0.4, 0.5) is 0 Å². The molecule has 1 amide bonds. The number of nitrogens with zero attached hydrogens (tertiary/aromatic N) is 1. The molecule has 0 fully saturated rings.